The lowest BCUT2D eigenvalue weighted by Gasteiger charge is -2.27. The number of hydrogen-bond donors (Lipinski definition) is 2. The molecule has 6 nitrogen and oxygen atoms in total. The predicted molar refractivity (Wildman–Crippen MR) is 127 cm³/mol. The number of hydrazine groups is 1. The number of rotatable bonds is 4. The maximum Gasteiger partial charge on any atom is 0.232 e. The van der Waals surface area contributed by atoms with Crippen molar-refractivity contribution in [3.05, 3.63) is 50.9 Å². The number of nitrogens with one attached hydrogen (secondary N) is 1. The SMILES string of the molecule is CC(C)SCC(=O)N1CCc2c(sc3c2C(c2ccccc2Cl)=NCC(NN)=N3)C1. The van der Waals surface area contributed by atoms with Crippen molar-refractivity contribution in [3.8, 4) is 0 Å². The summed E-state index contributed by atoms with van der Waals surface area (Å²) < 4.78 is 0. The highest BCUT2D eigenvalue weighted by molar-refractivity contribution is 8.00. The van der Waals surface area contributed by atoms with Crippen LogP contribution in [-0.4, -0.2) is 46.4 Å². The van der Waals surface area contributed by atoms with Gasteiger partial charge in [0.1, 0.15) is 10.8 Å². The van der Waals surface area contributed by atoms with Gasteiger partial charge in [-0.1, -0.05) is 43.6 Å². The number of halogens is 1. The summed E-state index contributed by atoms with van der Waals surface area (Å²) in [6, 6.07) is 7.73. The Bertz CT molecular complexity index is 1030. The Balaban J connectivity index is 1.71. The van der Waals surface area contributed by atoms with Crippen LogP contribution in [0.1, 0.15) is 35.4 Å². The minimum absolute atomic E-state index is 0.191. The smallest absolute Gasteiger partial charge is 0.232 e. The topological polar surface area (TPSA) is 83.1 Å². The molecule has 2 aliphatic heterocycles. The number of benzene rings is 1. The maximum atomic E-state index is 12.7. The Labute approximate surface area is 189 Å². The number of nitrogens with zero attached hydrogens (tertiary/aromatic N) is 3. The molecule has 30 heavy (non-hydrogen) atoms. The minimum atomic E-state index is 0.191. The summed E-state index contributed by atoms with van der Waals surface area (Å²) in [4.78, 5) is 25.3. The van der Waals surface area contributed by atoms with Crippen molar-refractivity contribution in [2.45, 2.75) is 32.1 Å². The summed E-state index contributed by atoms with van der Waals surface area (Å²) in [6.45, 7) is 5.90. The van der Waals surface area contributed by atoms with Gasteiger partial charge < -0.3 is 10.3 Å². The Hall–Kier alpha value is -1.87. The third kappa shape index (κ3) is 4.27. The van der Waals surface area contributed by atoms with Crippen molar-refractivity contribution in [1.29, 1.82) is 0 Å². The van der Waals surface area contributed by atoms with E-state index in [2.05, 4.69) is 19.3 Å². The molecule has 2 aromatic rings. The Morgan fingerprint density at radius 2 is 2.20 bits per heavy atom. The minimum Gasteiger partial charge on any atom is -0.336 e. The van der Waals surface area contributed by atoms with E-state index < -0.39 is 0 Å². The lowest BCUT2D eigenvalue weighted by Crippen LogP contribution is -2.37. The summed E-state index contributed by atoms with van der Waals surface area (Å²) in [7, 11) is 0. The molecule has 158 valence electrons. The lowest BCUT2D eigenvalue weighted by molar-refractivity contribution is -0.129. The van der Waals surface area contributed by atoms with Gasteiger partial charge in [0.25, 0.3) is 0 Å². The number of thioether (sulfide) groups is 1. The van der Waals surface area contributed by atoms with Crippen LogP contribution in [0.4, 0.5) is 5.00 Å². The number of hydrogen-bond acceptors (Lipinski definition) is 7. The Kier molecular flexibility index (Phi) is 6.48. The number of amidine groups is 1. The first-order valence-corrected chi connectivity index (χ1v) is 12.1. The second-order valence-corrected chi connectivity index (χ2v) is 10.5. The molecule has 0 radical (unpaired) electrons. The zero-order chi connectivity index (χ0) is 21.3. The zero-order valence-electron chi connectivity index (χ0n) is 16.9. The molecule has 3 N–H and O–H groups in total. The first-order valence-electron chi connectivity index (χ1n) is 9.85. The number of amides is 1. The molecule has 0 bridgehead atoms. The Morgan fingerprint density at radius 3 is 2.93 bits per heavy atom. The monoisotopic (exact) mass is 461 g/mol. The molecule has 1 amide bonds. The molecular formula is C21H24ClN5OS2. The molecule has 3 heterocycles. The summed E-state index contributed by atoms with van der Waals surface area (Å²) in [5.41, 5.74) is 6.63. The summed E-state index contributed by atoms with van der Waals surface area (Å²) in [5, 5.41) is 1.97. The number of fused-ring (bicyclic) bond motifs is 3. The molecule has 0 atom stereocenters. The van der Waals surface area contributed by atoms with Gasteiger partial charge in [-0.05, 0) is 23.3 Å². The van der Waals surface area contributed by atoms with Crippen LogP contribution in [0, 0.1) is 0 Å². The van der Waals surface area contributed by atoms with Crippen LogP contribution in [0.3, 0.4) is 0 Å². The zero-order valence-corrected chi connectivity index (χ0v) is 19.3. The van der Waals surface area contributed by atoms with Gasteiger partial charge in [0.15, 0.2) is 0 Å². The van der Waals surface area contributed by atoms with Crippen molar-refractivity contribution in [3.63, 3.8) is 0 Å². The molecule has 2 aliphatic rings. The predicted octanol–water partition coefficient (Wildman–Crippen LogP) is 3.77. The maximum absolute atomic E-state index is 12.7. The van der Waals surface area contributed by atoms with Crippen LogP contribution in [0.25, 0.3) is 0 Å². The van der Waals surface area contributed by atoms with Gasteiger partial charge in [-0.25, -0.2) is 10.8 Å². The van der Waals surface area contributed by atoms with Crippen LogP contribution in [0.15, 0.2) is 34.3 Å². The van der Waals surface area contributed by atoms with Crippen molar-refractivity contribution < 1.29 is 4.79 Å². The number of carbonyl (C=O) groups is 1. The highest BCUT2D eigenvalue weighted by Crippen LogP contribution is 2.42. The molecular weight excluding hydrogens is 438 g/mol. The molecule has 0 aliphatic carbocycles. The van der Waals surface area contributed by atoms with Gasteiger partial charge in [0.2, 0.25) is 5.91 Å². The molecule has 0 spiro atoms. The number of nitrogens with two attached hydrogens (primary N) is 1. The number of aliphatic imine (C=N–C) groups is 2. The van der Waals surface area contributed by atoms with E-state index in [1.54, 1.807) is 23.1 Å². The molecule has 0 unspecified atom stereocenters. The van der Waals surface area contributed by atoms with E-state index in [1.807, 2.05) is 29.2 Å². The van der Waals surface area contributed by atoms with Crippen molar-refractivity contribution in [1.82, 2.24) is 10.3 Å². The fourth-order valence-corrected chi connectivity index (χ4v) is 5.74. The van der Waals surface area contributed by atoms with Crippen LogP contribution >= 0.6 is 34.7 Å². The van der Waals surface area contributed by atoms with Gasteiger partial charge in [-0.3, -0.25) is 9.79 Å². The third-order valence-electron chi connectivity index (χ3n) is 5.09. The second-order valence-electron chi connectivity index (χ2n) is 7.46. The normalized spacial score (nSPS) is 15.8. The van der Waals surface area contributed by atoms with Crippen LogP contribution in [0.2, 0.25) is 5.02 Å². The highest BCUT2D eigenvalue weighted by atomic mass is 35.5. The summed E-state index contributed by atoms with van der Waals surface area (Å²) in [5.74, 6) is 6.98. The molecule has 0 saturated carbocycles. The first-order chi connectivity index (χ1) is 14.5. The fraction of sp³-hybridized carbons (Fsp3) is 0.381. The highest BCUT2D eigenvalue weighted by Gasteiger charge is 2.31. The van der Waals surface area contributed by atoms with Gasteiger partial charge in [0.05, 0.1) is 24.6 Å². The molecule has 0 fully saturated rings. The Morgan fingerprint density at radius 1 is 1.40 bits per heavy atom. The largest absolute Gasteiger partial charge is 0.336 e. The molecule has 0 saturated heterocycles. The van der Waals surface area contributed by atoms with E-state index in [0.29, 0.717) is 41.5 Å². The quantitative estimate of drug-likeness (QED) is 0.536. The van der Waals surface area contributed by atoms with Crippen molar-refractivity contribution >= 4 is 57.2 Å². The average Bonchev–Trinajstić information content (AvgIpc) is 2.98. The van der Waals surface area contributed by atoms with Crippen LogP contribution < -0.4 is 11.3 Å². The third-order valence-corrected chi connectivity index (χ3v) is 7.61. The van der Waals surface area contributed by atoms with E-state index >= 15 is 0 Å². The summed E-state index contributed by atoms with van der Waals surface area (Å²) >= 11 is 9.81. The first kappa shape index (κ1) is 21.4. The van der Waals surface area contributed by atoms with Crippen LogP contribution in [0.5, 0.6) is 0 Å². The van der Waals surface area contributed by atoms with E-state index in [4.69, 9.17) is 27.4 Å². The lowest BCUT2D eigenvalue weighted by atomic mass is 9.95. The van der Waals surface area contributed by atoms with E-state index in [1.165, 1.54) is 5.56 Å². The van der Waals surface area contributed by atoms with Gasteiger partial charge in [-0.15, -0.1) is 23.1 Å². The molecule has 1 aromatic heterocycles. The van der Waals surface area contributed by atoms with Gasteiger partial charge in [0, 0.05) is 27.6 Å². The molecule has 9 heteroatoms. The van der Waals surface area contributed by atoms with Crippen molar-refractivity contribution in [2.75, 3.05) is 18.8 Å². The van der Waals surface area contributed by atoms with Crippen molar-refractivity contribution in [2.24, 2.45) is 15.8 Å². The average molecular weight is 462 g/mol. The molecule has 1 aromatic carbocycles. The van der Waals surface area contributed by atoms with Gasteiger partial charge >= 0.3 is 0 Å². The van der Waals surface area contributed by atoms with E-state index in [0.717, 1.165) is 33.1 Å². The van der Waals surface area contributed by atoms with Gasteiger partial charge in [-0.2, -0.15) is 0 Å². The standard InChI is InChI=1S/C21H24ClN5OS2/c1-12(2)29-11-18(28)27-8-7-14-16(10-27)30-21-19(14)20(24-9-17(25-21)26-23)13-5-3-4-6-15(13)22/h3-6,12H,7-11,23H2,1-2H3,(H,25,26). The van der Waals surface area contributed by atoms with E-state index in [9.17, 15) is 4.79 Å². The molecule has 4 rings (SSSR count). The number of thiophene rings is 1. The number of carbonyl (C=O) groups excluding carboxylic acids is 1. The summed E-state index contributed by atoms with van der Waals surface area (Å²) in [6.07, 6.45) is 0.781. The van der Waals surface area contributed by atoms with Crippen LogP contribution in [-0.2, 0) is 17.8 Å². The fourth-order valence-electron chi connectivity index (χ4n) is 3.60. The second kappa shape index (κ2) is 9.09. The van der Waals surface area contributed by atoms with E-state index in [-0.39, 0.29) is 5.91 Å².